The minimum Gasteiger partial charge on any atom is -0.508 e. The molecule has 33 heavy (non-hydrogen) atoms. The van der Waals surface area contributed by atoms with Gasteiger partial charge in [0.05, 0.1) is 6.04 Å². The second-order valence-electron chi connectivity index (χ2n) is 8.08. The first kappa shape index (κ1) is 22.1. The molecule has 0 saturated heterocycles. The Morgan fingerprint density at radius 2 is 1.42 bits per heavy atom. The van der Waals surface area contributed by atoms with Crippen molar-refractivity contribution in [2.45, 2.75) is 25.4 Å². The van der Waals surface area contributed by atoms with Crippen molar-refractivity contribution in [2.75, 3.05) is 0 Å². The summed E-state index contributed by atoms with van der Waals surface area (Å²) in [6.07, 6.45) is 0.105. The predicted octanol–water partition coefficient (Wildman–Crippen LogP) is 4.96. The zero-order valence-electron chi connectivity index (χ0n) is 18.4. The molecule has 0 fully saturated rings. The zero-order valence-corrected chi connectivity index (χ0v) is 18.4. The highest BCUT2D eigenvalue weighted by atomic mass is 16.3. The number of carbonyl (C=O) groups is 2. The van der Waals surface area contributed by atoms with E-state index in [9.17, 15) is 14.7 Å². The number of amides is 2. The molecule has 3 N–H and O–H groups in total. The van der Waals surface area contributed by atoms with Gasteiger partial charge in [0, 0.05) is 23.6 Å². The number of benzene rings is 4. The molecule has 2 atom stereocenters. The van der Waals surface area contributed by atoms with Gasteiger partial charge in [-0.3, -0.25) is 9.59 Å². The van der Waals surface area contributed by atoms with Gasteiger partial charge in [0.1, 0.15) is 5.75 Å². The van der Waals surface area contributed by atoms with E-state index in [4.69, 9.17) is 0 Å². The van der Waals surface area contributed by atoms with Crippen LogP contribution in [0.15, 0.2) is 97.1 Å². The predicted molar refractivity (Wildman–Crippen MR) is 130 cm³/mol. The maximum atomic E-state index is 13.0. The second-order valence-corrected chi connectivity index (χ2v) is 8.08. The molecule has 0 radical (unpaired) electrons. The smallest absolute Gasteiger partial charge is 0.251 e. The van der Waals surface area contributed by atoms with Crippen LogP contribution in [0.3, 0.4) is 0 Å². The third-order valence-electron chi connectivity index (χ3n) is 5.58. The van der Waals surface area contributed by atoms with Crippen LogP contribution in [0.5, 0.6) is 5.75 Å². The van der Waals surface area contributed by atoms with Gasteiger partial charge in [-0.05, 0) is 41.5 Å². The van der Waals surface area contributed by atoms with Crippen LogP contribution in [0, 0.1) is 0 Å². The topological polar surface area (TPSA) is 78.4 Å². The van der Waals surface area contributed by atoms with E-state index in [1.54, 1.807) is 37.3 Å². The molecule has 0 aromatic heterocycles. The van der Waals surface area contributed by atoms with E-state index in [0.29, 0.717) is 11.1 Å². The van der Waals surface area contributed by atoms with Gasteiger partial charge < -0.3 is 15.7 Å². The Hall–Kier alpha value is -4.12. The molecule has 4 rings (SSSR count). The van der Waals surface area contributed by atoms with Crippen LogP contribution in [-0.2, 0) is 4.79 Å². The van der Waals surface area contributed by atoms with Crippen LogP contribution in [0.4, 0.5) is 0 Å². The fourth-order valence-corrected chi connectivity index (χ4v) is 4.00. The van der Waals surface area contributed by atoms with Crippen molar-refractivity contribution in [3.8, 4) is 5.75 Å². The quantitative estimate of drug-likeness (QED) is 0.382. The van der Waals surface area contributed by atoms with E-state index in [1.807, 2.05) is 66.7 Å². The van der Waals surface area contributed by atoms with E-state index < -0.39 is 6.04 Å². The van der Waals surface area contributed by atoms with Gasteiger partial charge in [-0.15, -0.1) is 0 Å². The van der Waals surface area contributed by atoms with E-state index in [1.165, 1.54) is 0 Å². The molecule has 0 aliphatic rings. The first-order valence-corrected chi connectivity index (χ1v) is 10.9. The monoisotopic (exact) mass is 438 g/mol. The summed E-state index contributed by atoms with van der Waals surface area (Å²) in [6.45, 7) is 1.80. The van der Waals surface area contributed by atoms with Crippen molar-refractivity contribution >= 4 is 22.6 Å². The molecule has 0 spiro atoms. The largest absolute Gasteiger partial charge is 0.508 e. The fraction of sp³-hybridized carbons (Fsp3) is 0.143. The lowest BCUT2D eigenvalue weighted by Gasteiger charge is -2.23. The van der Waals surface area contributed by atoms with Crippen LogP contribution in [0.1, 0.15) is 40.9 Å². The molecule has 0 aliphatic carbocycles. The Balaban J connectivity index is 1.57. The number of carbonyl (C=O) groups excluding carboxylic acids is 2. The molecule has 2 amide bonds. The van der Waals surface area contributed by atoms with Crippen LogP contribution < -0.4 is 10.6 Å². The minimum atomic E-state index is -0.540. The highest BCUT2D eigenvalue weighted by Crippen LogP contribution is 2.35. The van der Waals surface area contributed by atoms with Gasteiger partial charge in [-0.25, -0.2) is 0 Å². The summed E-state index contributed by atoms with van der Waals surface area (Å²) < 4.78 is 0. The summed E-state index contributed by atoms with van der Waals surface area (Å²) in [7, 11) is 0. The number of nitrogens with one attached hydrogen (secondary N) is 2. The van der Waals surface area contributed by atoms with Gasteiger partial charge in [0.25, 0.3) is 5.91 Å². The number of rotatable bonds is 7. The maximum absolute atomic E-state index is 13.0. The standard InChI is InChI=1S/C28H26N2O3/c1-19(29-28(33)22-13-6-3-7-14-22)18-25(32)30-27(21-11-4-2-5-12-21)26-23-15-9-8-10-20(23)16-17-24(26)31/h2-17,19,27,31H,18H2,1H3,(H,29,33)(H,30,32). The maximum Gasteiger partial charge on any atom is 0.251 e. The Bertz CT molecular complexity index is 1260. The molecule has 0 aliphatic heterocycles. The number of fused-ring (bicyclic) bond motifs is 1. The zero-order chi connectivity index (χ0) is 23.2. The molecule has 0 saturated carbocycles. The highest BCUT2D eigenvalue weighted by Gasteiger charge is 2.23. The van der Waals surface area contributed by atoms with Gasteiger partial charge in [0.15, 0.2) is 0 Å². The van der Waals surface area contributed by atoms with Gasteiger partial charge >= 0.3 is 0 Å². The number of phenols is 1. The average Bonchev–Trinajstić information content (AvgIpc) is 2.84. The third-order valence-corrected chi connectivity index (χ3v) is 5.58. The highest BCUT2D eigenvalue weighted by molar-refractivity contribution is 5.94. The number of hydrogen-bond acceptors (Lipinski definition) is 3. The average molecular weight is 439 g/mol. The Morgan fingerprint density at radius 1 is 0.788 bits per heavy atom. The van der Waals surface area contributed by atoms with E-state index in [0.717, 1.165) is 16.3 Å². The lowest BCUT2D eigenvalue weighted by molar-refractivity contribution is -0.121. The van der Waals surface area contributed by atoms with E-state index in [-0.39, 0.29) is 30.0 Å². The molecular formula is C28H26N2O3. The minimum absolute atomic E-state index is 0.105. The summed E-state index contributed by atoms with van der Waals surface area (Å²) in [4.78, 5) is 25.4. The molecule has 0 bridgehead atoms. The summed E-state index contributed by atoms with van der Waals surface area (Å²) in [6, 6.07) is 28.9. The first-order valence-electron chi connectivity index (χ1n) is 10.9. The van der Waals surface area contributed by atoms with Crippen molar-refractivity contribution in [3.05, 3.63) is 114 Å². The third kappa shape index (κ3) is 5.21. The van der Waals surface area contributed by atoms with Crippen molar-refractivity contribution in [3.63, 3.8) is 0 Å². The van der Waals surface area contributed by atoms with Gasteiger partial charge in [0.2, 0.25) is 5.91 Å². The summed E-state index contributed by atoms with van der Waals surface area (Å²) in [5.74, 6) is -0.326. The lowest BCUT2D eigenvalue weighted by atomic mass is 9.92. The van der Waals surface area contributed by atoms with E-state index >= 15 is 0 Å². The van der Waals surface area contributed by atoms with Crippen molar-refractivity contribution in [1.82, 2.24) is 10.6 Å². The number of phenolic OH excluding ortho intramolecular Hbond substituents is 1. The molecule has 5 nitrogen and oxygen atoms in total. The molecule has 2 unspecified atom stereocenters. The second kappa shape index (κ2) is 10.0. The van der Waals surface area contributed by atoms with Crippen LogP contribution in [0.25, 0.3) is 10.8 Å². The van der Waals surface area contributed by atoms with E-state index in [2.05, 4.69) is 10.6 Å². The summed E-state index contributed by atoms with van der Waals surface area (Å²) >= 11 is 0. The van der Waals surface area contributed by atoms with Crippen molar-refractivity contribution in [2.24, 2.45) is 0 Å². The Kier molecular flexibility index (Phi) is 6.69. The van der Waals surface area contributed by atoms with Gasteiger partial charge in [-0.1, -0.05) is 78.9 Å². The molecule has 5 heteroatoms. The van der Waals surface area contributed by atoms with Crippen LogP contribution >= 0.6 is 0 Å². The number of aromatic hydroxyl groups is 1. The Morgan fingerprint density at radius 3 is 2.15 bits per heavy atom. The normalized spacial score (nSPS) is 12.6. The molecule has 166 valence electrons. The van der Waals surface area contributed by atoms with Gasteiger partial charge in [-0.2, -0.15) is 0 Å². The molecule has 4 aromatic carbocycles. The fourth-order valence-electron chi connectivity index (χ4n) is 4.00. The SMILES string of the molecule is CC(CC(=O)NC(c1ccccc1)c1c(O)ccc2ccccc12)NC(=O)c1ccccc1. The first-order chi connectivity index (χ1) is 16.0. The molecule has 0 heterocycles. The van der Waals surface area contributed by atoms with Crippen molar-refractivity contribution < 1.29 is 14.7 Å². The Labute approximate surface area is 193 Å². The molecule has 4 aromatic rings. The summed E-state index contributed by atoms with van der Waals surface area (Å²) in [5, 5.41) is 18.6. The molecular weight excluding hydrogens is 412 g/mol. The van der Waals surface area contributed by atoms with Crippen LogP contribution in [-0.4, -0.2) is 23.0 Å². The lowest BCUT2D eigenvalue weighted by Crippen LogP contribution is -2.38. The summed E-state index contributed by atoms with van der Waals surface area (Å²) in [5.41, 5.74) is 2.06. The number of hydrogen-bond donors (Lipinski definition) is 3. The van der Waals surface area contributed by atoms with Crippen molar-refractivity contribution in [1.29, 1.82) is 0 Å². The van der Waals surface area contributed by atoms with Crippen LogP contribution in [0.2, 0.25) is 0 Å².